The Morgan fingerprint density at radius 1 is 1.33 bits per heavy atom. The number of ether oxygens (including phenoxy) is 2. The molecule has 0 radical (unpaired) electrons. The van der Waals surface area contributed by atoms with Gasteiger partial charge in [-0.3, -0.25) is 0 Å². The Hall–Kier alpha value is -1.48. The van der Waals surface area contributed by atoms with Crippen LogP contribution in [0.5, 0.6) is 0 Å². The summed E-state index contributed by atoms with van der Waals surface area (Å²) < 4.78 is 36.0. The lowest BCUT2D eigenvalue weighted by molar-refractivity contribution is 0.0593. The first-order valence-electron chi connectivity index (χ1n) is 6.26. The molecule has 118 valence electrons. The standard InChI is InChI=1S/C13H19NO6S/c1-19-9-10(15)7-8-14-21(17,18)12-6-4-3-5-11(12)13(16)20-2/h3-6,10,14-15H,7-9H2,1-2H3. The third-order valence-electron chi connectivity index (χ3n) is 2.71. The average Bonchev–Trinajstić information content (AvgIpc) is 2.46. The van der Waals surface area contributed by atoms with Gasteiger partial charge in [-0.05, 0) is 18.6 Å². The van der Waals surface area contributed by atoms with Gasteiger partial charge in [0.2, 0.25) is 10.0 Å². The summed E-state index contributed by atoms with van der Waals surface area (Å²) in [7, 11) is -1.23. The van der Waals surface area contributed by atoms with E-state index in [9.17, 15) is 18.3 Å². The van der Waals surface area contributed by atoms with Crippen LogP contribution >= 0.6 is 0 Å². The summed E-state index contributed by atoms with van der Waals surface area (Å²) in [6.07, 6.45) is -0.554. The number of sulfonamides is 1. The van der Waals surface area contributed by atoms with Crippen molar-refractivity contribution in [1.82, 2.24) is 4.72 Å². The molecule has 0 aromatic heterocycles. The van der Waals surface area contributed by atoms with Gasteiger partial charge in [0.15, 0.2) is 0 Å². The highest BCUT2D eigenvalue weighted by Crippen LogP contribution is 2.16. The molecular weight excluding hydrogens is 298 g/mol. The van der Waals surface area contributed by atoms with Crippen LogP contribution in [0.25, 0.3) is 0 Å². The van der Waals surface area contributed by atoms with E-state index in [0.29, 0.717) is 0 Å². The van der Waals surface area contributed by atoms with Crippen LogP contribution in [0.4, 0.5) is 0 Å². The van der Waals surface area contributed by atoms with Crippen LogP contribution in [0.15, 0.2) is 29.2 Å². The lowest BCUT2D eigenvalue weighted by atomic mass is 10.2. The van der Waals surface area contributed by atoms with Crippen molar-refractivity contribution in [3.8, 4) is 0 Å². The van der Waals surface area contributed by atoms with E-state index in [4.69, 9.17) is 4.74 Å². The minimum absolute atomic E-state index is 0.0301. The molecule has 1 rings (SSSR count). The third kappa shape index (κ3) is 5.09. The molecule has 0 heterocycles. The molecular formula is C13H19NO6S. The number of aliphatic hydroxyl groups excluding tert-OH is 1. The van der Waals surface area contributed by atoms with E-state index in [-0.39, 0.29) is 30.0 Å². The maximum atomic E-state index is 12.2. The first kappa shape index (κ1) is 17.6. The number of hydrogen-bond donors (Lipinski definition) is 2. The zero-order valence-corrected chi connectivity index (χ0v) is 12.7. The number of carbonyl (C=O) groups is 1. The van der Waals surface area contributed by atoms with Gasteiger partial charge in [-0.1, -0.05) is 12.1 Å². The van der Waals surface area contributed by atoms with Crippen molar-refractivity contribution in [3.05, 3.63) is 29.8 Å². The molecule has 21 heavy (non-hydrogen) atoms. The number of aliphatic hydroxyl groups is 1. The van der Waals surface area contributed by atoms with Gasteiger partial charge in [0.1, 0.15) is 0 Å². The monoisotopic (exact) mass is 317 g/mol. The van der Waals surface area contributed by atoms with Gasteiger partial charge >= 0.3 is 5.97 Å². The molecule has 8 heteroatoms. The summed E-state index contributed by atoms with van der Waals surface area (Å²) >= 11 is 0. The highest BCUT2D eigenvalue weighted by molar-refractivity contribution is 7.89. The van der Waals surface area contributed by atoms with Crippen LogP contribution < -0.4 is 4.72 Å². The molecule has 0 bridgehead atoms. The second-order valence-corrected chi connectivity index (χ2v) is 6.02. The number of rotatable bonds is 8. The second-order valence-electron chi connectivity index (χ2n) is 4.28. The number of benzene rings is 1. The smallest absolute Gasteiger partial charge is 0.339 e. The number of carbonyl (C=O) groups excluding carboxylic acids is 1. The van der Waals surface area contributed by atoms with Crippen LogP contribution in [0.1, 0.15) is 16.8 Å². The fraction of sp³-hybridized carbons (Fsp3) is 0.462. The van der Waals surface area contributed by atoms with Crippen molar-refractivity contribution in [3.63, 3.8) is 0 Å². The largest absolute Gasteiger partial charge is 0.465 e. The molecule has 0 fully saturated rings. The number of methoxy groups -OCH3 is 2. The van der Waals surface area contributed by atoms with E-state index >= 15 is 0 Å². The van der Waals surface area contributed by atoms with E-state index in [2.05, 4.69) is 9.46 Å². The molecule has 0 aliphatic heterocycles. The SMILES string of the molecule is COCC(O)CCNS(=O)(=O)c1ccccc1C(=O)OC. The molecule has 0 spiro atoms. The van der Waals surface area contributed by atoms with Gasteiger partial charge in [-0.25, -0.2) is 17.9 Å². The lowest BCUT2D eigenvalue weighted by Crippen LogP contribution is -2.29. The molecule has 1 aromatic rings. The number of hydrogen-bond acceptors (Lipinski definition) is 6. The van der Waals surface area contributed by atoms with Crippen molar-refractivity contribution in [2.45, 2.75) is 17.4 Å². The van der Waals surface area contributed by atoms with Crippen molar-refractivity contribution in [2.24, 2.45) is 0 Å². The van der Waals surface area contributed by atoms with Crippen molar-refractivity contribution in [2.75, 3.05) is 27.4 Å². The van der Waals surface area contributed by atoms with Gasteiger partial charge in [0.05, 0.1) is 30.3 Å². The minimum atomic E-state index is -3.86. The highest BCUT2D eigenvalue weighted by Gasteiger charge is 2.22. The summed E-state index contributed by atoms with van der Waals surface area (Å²) in [4.78, 5) is 11.4. The predicted molar refractivity (Wildman–Crippen MR) is 75.5 cm³/mol. The molecule has 7 nitrogen and oxygen atoms in total. The van der Waals surface area contributed by atoms with Crippen molar-refractivity contribution in [1.29, 1.82) is 0 Å². The lowest BCUT2D eigenvalue weighted by Gasteiger charge is -2.12. The maximum absolute atomic E-state index is 12.2. The molecule has 0 saturated carbocycles. The van der Waals surface area contributed by atoms with Crippen LogP contribution in [0.3, 0.4) is 0 Å². The van der Waals surface area contributed by atoms with Crippen molar-refractivity contribution < 1.29 is 27.8 Å². The second kappa shape index (κ2) is 8.08. The molecule has 0 aliphatic carbocycles. The summed E-state index contributed by atoms with van der Waals surface area (Å²) in [6.45, 7) is 0.156. The summed E-state index contributed by atoms with van der Waals surface area (Å²) in [5, 5.41) is 9.46. The zero-order chi connectivity index (χ0) is 15.9. The Labute approximate surface area is 123 Å². The van der Waals surface area contributed by atoms with E-state index in [1.807, 2.05) is 0 Å². The quantitative estimate of drug-likeness (QED) is 0.662. The van der Waals surface area contributed by atoms with E-state index < -0.39 is 22.1 Å². The fourth-order valence-electron chi connectivity index (χ4n) is 1.69. The highest BCUT2D eigenvalue weighted by atomic mass is 32.2. The van der Waals surface area contributed by atoms with Crippen LogP contribution in [0, 0.1) is 0 Å². The summed E-state index contributed by atoms with van der Waals surface area (Å²) in [6, 6.07) is 5.76. The molecule has 1 aromatic carbocycles. The van der Waals surface area contributed by atoms with Gasteiger partial charge < -0.3 is 14.6 Å². The molecule has 2 N–H and O–H groups in total. The van der Waals surface area contributed by atoms with E-state index in [1.54, 1.807) is 6.07 Å². The first-order valence-corrected chi connectivity index (χ1v) is 7.74. The predicted octanol–water partition coefficient (Wildman–Crippen LogP) is 0.149. The van der Waals surface area contributed by atoms with Crippen LogP contribution in [-0.4, -0.2) is 53.0 Å². The zero-order valence-electron chi connectivity index (χ0n) is 11.9. The topological polar surface area (TPSA) is 102 Å². The Morgan fingerprint density at radius 3 is 2.62 bits per heavy atom. The molecule has 1 atom stereocenters. The molecule has 0 aliphatic rings. The van der Waals surface area contributed by atoms with Gasteiger partial charge in [0, 0.05) is 13.7 Å². The van der Waals surface area contributed by atoms with Crippen LogP contribution in [0.2, 0.25) is 0 Å². The fourth-order valence-corrected chi connectivity index (χ4v) is 2.93. The Kier molecular flexibility index (Phi) is 6.76. The van der Waals surface area contributed by atoms with Gasteiger partial charge in [0.25, 0.3) is 0 Å². The first-order chi connectivity index (χ1) is 9.92. The van der Waals surface area contributed by atoms with Gasteiger partial charge in [-0.15, -0.1) is 0 Å². The molecule has 0 amide bonds. The minimum Gasteiger partial charge on any atom is -0.465 e. The Morgan fingerprint density at radius 2 is 2.00 bits per heavy atom. The third-order valence-corrected chi connectivity index (χ3v) is 4.23. The van der Waals surface area contributed by atoms with E-state index in [0.717, 1.165) is 0 Å². The van der Waals surface area contributed by atoms with Crippen molar-refractivity contribution >= 4 is 16.0 Å². The Bertz CT molecular complexity index is 572. The Balaban J connectivity index is 2.82. The summed E-state index contributed by atoms with van der Waals surface area (Å²) in [5.74, 6) is -0.726. The maximum Gasteiger partial charge on any atom is 0.339 e. The normalized spacial score (nSPS) is 12.9. The average molecular weight is 317 g/mol. The number of nitrogens with one attached hydrogen (secondary N) is 1. The molecule has 1 unspecified atom stereocenters. The van der Waals surface area contributed by atoms with E-state index in [1.165, 1.54) is 32.4 Å². The summed E-state index contributed by atoms with van der Waals surface area (Å²) in [5.41, 5.74) is -0.0371. The van der Waals surface area contributed by atoms with Gasteiger partial charge in [-0.2, -0.15) is 0 Å². The number of esters is 1. The van der Waals surface area contributed by atoms with Crippen LogP contribution in [-0.2, 0) is 19.5 Å². The molecule has 0 saturated heterocycles.